The van der Waals surface area contributed by atoms with Crippen LogP contribution in [0, 0.1) is 0 Å². The van der Waals surface area contributed by atoms with E-state index >= 15 is 0 Å². The molecule has 6 nitrogen and oxygen atoms in total. The Morgan fingerprint density at radius 2 is 1.33 bits per heavy atom. The van der Waals surface area contributed by atoms with E-state index in [2.05, 4.69) is 0 Å². The normalized spacial score (nSPS) is 16.4. The second kappa shape index (κ2) is 8.43. The van der Waals surface area contributed by atoms with Gasteiger partial charge in [-0.1, -0.05) is 0 Å². The Morgan fingerprint density at radius 1 is 0.852 bits per heavy atom. The molecule has 0 aliphatic carbocycles. The largest absolute Gasteiger partial charge is 0.497 e. The summed E-state index contributed by atoms with van der Waals surface area (Å²) < 4.78 is 21.4. The number of methoxy groups -OCH3 is 4. The summed E-state index contributed by atoms with van der Waals surface area (Å²) in [6.07, 6.45) is 0. The lowest BCUT2D eigenvalue weighted by Gasteiger charge is -2.25. The van der Waals surface area contributed by atoms with Crippen molar-refractivity contribution in [3.63, 3.8) is 0 Å². The van der Waals surface area contributed by atoms with Crippen molar-refractivity contribution in [2.45, 2.75) is 11.9 Å². The third-order valence-corrected chi connectivity index (χ3v) is 5.65. The predicted octanol–water partition coefficient (Wildman–Crippen LogP) is 3.50. The molecule has 3 rings (SSSR count). The highest BCUT2D eigenvalue weighted by molar-refractivity contribution is 8.00. The van der Waals surface area contributed by atoms with Crippen LogP contribution in [0.4, 0.5) is 0 Å². The molecule has 0 N–H and O–H groups in total. The molecule has 1 aliphatic rings. The lowest BCUT2D eigenvalue weighted by Crippen LogP contribution is -2.27. The van der Waals surface area contributed by atoms with Crippen LogP contribution in [0.3, 0.4) is 0 Å². The fourth-order valence-corrected chi connectivity index (χ4v) is 4.19. The molecule has 0 aromatic heterocycles. The van der Waals surface area contributed by atoms with Gasteiger partial charge in [0.2, 0.25) is 5.91 Å². The Bertz CT molecular complexity index is 782. The van der Waals surface area contributed by atoms with Crippen LogP contribution < -0.4 is 18.9 Å². The van der Waals surface area contributed by atoms with Crippen molar-refractivity contribution in [3.8, 4) is 23.0 Å². The van der Waals surface area contributed by atoms with Crippen LogP contribution in [0.25, 0.3) is 0 Å². The topological polar surface area (TPSA) is 57.2 Å². The zero-order chi connectivity index (χ0) is 19.4. The summed E-state index contributed by atoms with van der Waals surface area (Å²) in [7, 11) is 6.46. The van der Waals surface area contributed by atoms with Gasteiger partial charge in [0, 0.05) is 18.7 Å². The van der Waals surface area contributed by atoms with Gasteiger partial charge in [0.05, 0.1) is 34.2 Å². The zero-order valence-electron chi connectivity index (χ0n) is 15.9. The summed E-state index contributed by atoms with van der Waals surface area (Å²) in [5.74, 6) is 3.32. The second-order valence-corrected chi connectivity index (χ2v) is 7.12. The highest BCUT2D eigenvalue weighted by Crippen LogP contribution is 2.42. The Labute approximate surface area is 163 Å². The molecule has 1 aliphatic heterocycles. The molecule has 1 amide bonds. The molecular formula is C20H23NO5S. The summed E-state index contributed by atoms with van der Waals surface area (Å²) in [5, 5.41) is -0.112. The van der Waals surface area contributed by atoms with E-state index in [4.69, 9.17) is 18.9 Å². The van der Waals surface area contributed by atoms with Crippen molar-refractivity contribution in [1.82, 2.24) is 4.90 Å². The summed E-state index contributed by atoms with van der Waals surface area (Å²) in [6.45, 7) is 0.462. The van der Waals surface area contributed by atoms with E-state index in [0.717, 1.165) is 11.1 Å². The van der Waals surface area contributed by atoms with Crippen LogP contribution in [0.5, 0.6) is 23.0 Å². The van der Waals surface area contributed by atoms with Crippen LogP contribution in [-0.4, -0.2) is 45.0 Å². The van der Waals surface area contributed by atoms with Crippen molar-refractivity contribution in [2.75, 3.05) is 34.2 Å². The number of carbonyl (C=O) groups is 1. The quantitative estimate of drug-likeness (QED) is 0.723. The standard InChI is InChI=1S/C20H23NO5S/c1-23-15-5-13(6-16(9-15)24-2)11-21-19(22)12-27-20(21)14-7-17(25-3)10-18(8-14)26-4/h5-10,20H,11-12H2,1-4H3. The Morgan fingerprint density at radius 3 is 1.81 bits per heavy atom. The number of hydrogen-bond donors (Lipinski definition) is 0. The van der Waals surface area contributed by atoms with Gasteiger partial charge in [0.15, 0.2) is 0 Å². The molecule has 27 heavy (non-hydrogen) atoms. The molecule has 1 fully saturated rings. The van der Waals surface area contributed by atoms with Crippen molar-refractivity contribution in [3.05, 3.63) is 47.5 Å². The van der Waals surface area contributed by atoms with Crippen molar-refractivity contribution >= 4 is 17.7 Å². The Kier molecular flexibility index (Phi) is 6.01. The molecular weight excluding hydrogens is 366 g/mol. The first-order chi connectivity index (χ1) is 13.1. The molecule has 1 atom stereocenters. The Hall–Kier alpha value is -2.54. The van der Waals surface area contributed by atoms with Crippen LogP contribution in [0.1, 0.15) is 16.5 Å². The zero-order valence-corrected chi connectivity index (χ0v) is 16.7. The summed E-state index contributed by atoms with van der Waals surface area (Å²) in [6, 6.07) is 11.4. The molecule has 0 radical (unpaired) electrons. The van der Waals surface area contributed by atoms with E-state index in [1.165, 1.54) is 0 Å². The first kappa shape index (κ1) is 19.2. The van der Waals surface area contributed by atoms with Crippen molar-refractivity contribution < 1.29 is 23.7 Å². The molecule has 7 heteroatoms. The number of ether oxygens (including phenoxy) is 4. The van der Waals surface area contributed by atoms with E-state index in [-0.39, 0.29) is 11.3 Å². The van der Waals surface area contributed by atoms with Crippen LogP contribution in [-0.2, 0) is 11.3 Å². The summed E-state index contributed by atoms with van der Waals surface area (Å²) in [5.41, 5.74) is 1.92. The highest BCUT2D eigenvalue weighted by atomic mass is 32.2. The molecule has 2 aromatic rings. The maximum Gasteiger partial charge on any atom is 0.234 e. The molecule has 2 aromatic carbocycles. The van der Waals surface area contributed by atoms with E-state index in [0.29, 0.717) is 35.3 Å². The number of thioether (sulfide) groups is 1. The van der Waals surface area contributed by atoms with E-state index in [1.54, 1.807) is 40.2 Å². The summed E-state index contributed by atoms with van der Waals surface area (Å²) >= 11 is 1.59. The monoisotopic (exact) mass is 389 g/mol. The van der Waals surface area contributed by atoms with Gasteiger partial charge >= 0.3 is 0 Å². The van der Waals surface area contributed by atoms with Crippen LogP contribution in [0.2, 0.25) is 0 Å². The number of hydrogen-bond acceptors (Lipinski definition) is 6. The van der Waals surface area contributed by atoms with Crippen LogP contribution in [0.15, 0.2) is 36.4 Å². The minimum absolute atomic E-state index is 0.0913. The fourth-order valence-electron chi connectivity index (χ4n) is 3.03. The number of nitrogens with zero attached hydrogens (tertiary/aromatic N) is 1. The highest BCUT2D eigenvalue weighted by Gasteiger charge is 2.33. The summed E-state index contributed by atoms with van der Waals surface area (Å²) in [4.78, 5) is 14.4. The smallest absolute Gasteiger partial charge is 0.234 e. The van der Waals surface area contributed by atoms with Crippen molar-refractivity contribution in [1.29, 1.82) is 0 Å². The molecule has 0 spiro atoms. The van der Waals surface area contributed by atoms with E-state index in [9.17, 15) is 4.79 Å². The lowest BCUT2D eigenvalue weighted by molar-refractivity contribution is -0.128. The van der Waals surface area contributed by atoms with Gasteiger partial charge in [-0.3, -0.25) is 4.79 Å². The molecule has 1 heterocycles. The molecule has 0 saturated carbocycles. The number of carbonyl (C=O) groups excluding carboxylic acids is 1. The van der Waals surface area contributed by atoms with Gasteiger partial charge < -0.3 is 23.8 Å². The minimum atomic E-state index is -0.112. The van der Waals surface area contributed by atoms with Gasteiger partial charge in [0.1, 0.15) is 28.4 Å². The van der Waals surface area contributed by atoms with E-state index < -0.39 is 0 Å². The number of benzene rings is 2. The maximum atomic E-state index is 12.6. The van der Waals surface area contributed by atoms with Gasteiger partial charge in [-0.25, -0.2) is 0 Å². The van der Waals surface area contributed by atoms with Crippen LogP contribution >= 0.6 is 11.8 Å². The first-order valence-electron chi connectivity index (χ1n) is 8.44. The first-order valence-corrected chi connectivity index (χ1v) is 9.48. The lowest BCUT2D eigenvalue weighted by atomic mass is 10.1. The predicted molar refractivity (Wildman–Crippen MR) is 105 cm³/mol. The number of amides is 1. The maximum absolute atomic E-state index is 12.6. The molecule has 0 bridgehead atoms. The number of rotatable bonds is 7. The van der Waals surface area contributed by atoms with E-state index in [1.807, 2.05) is 41.3 Å². The van der Waals surface area contributed by atoms with Gasteiger partial charge in [-0.05, 0) is 35.4 Å². The van der Waals surface area contributed by atoms with Gasteiger partial charge in [-0.15, -0.1) is 11.8 Å². The fraction of sp³-hybridized carbons (Fsp3) is 0.350. The third kappa shape index (κ3) is 4.24. The average Bonchev–Trinajstić information content (AvgIpc) is 3.07. The molecule has 144 valence electrons. The Balaban J connectivity index is 1.91. The average molecular weight is 389 g/mol. The van der Waals surface area contributed by atoms with Crippen molar-refractivity contribution in [2.24, 2.45) is 0 Å². The van der Waals surface area contributed by atoms with Gasteiger partial charge in [0.25, 0.3) is 0 Å². The SMILES string of the molecule is COc1cc(CN2C(=O)CSC2c2cc(OC)cc(OC)c2)cc(OC)c1. The third-order valence-electron chi connectivity index (χ3n) is 4.39. The minimum Gasteiger partial charge on any atom is -0.497 e. The molecule has 1 saturated heterocycles. The van der Waals surface area contributed by atoms with Gasteiger partial charge in [-0.2, -0.15) is 0 Å². The second-order valence-electron chi connectivity index (χ2n) is 6.05. The molecule has 1 unspecified atom stereocenters.